The Morgan fingerprint density at radius 2 is 1.80 bits per heavy atom. The van der Waals surface area contributed by atoms with E-state index in [9.17, 15) is 4.79 Å². The second-order valence-corrected chi connectivity index (χ2v) is 7.13. The van der Waals surface area contributed by atoms with Crippen LogP contribution in [0, 0.1) is 0 Å². The third-order valence-corrected chi connectivity index (χ3v) is 5.46. The van der Waals surface area contributed by atoms with Crippen molar-refractivity contribution in [1.29, 1.82) is 0 Å². The molecule has 2 aromatic carbocycles. The molecular weight excluding hydrogens is 379 g/mol. The Labute approximate surface area is 164 Å². The summed E-state index contributed by atoms with van der Waals surface area (Å²) in [6, 6.07) is 15.4. The SMILES string of the molecule is CC(C(=O)N1C[C@@H](N)[C@H](c2ccccc2)C1)c1ccc(Cl)c(Cl)c1.Cl. The number of hydrogen-bond donors (Lipinski definition) is 1. The summed E-state index contributed by atoms with van der Waals surface area (Å²) in [5, 5.41) is 0.960. The molecule has 0 spiro atoms. The summed E-state index contributed by atoms with van der Waals surface area (Å²) in [5.74, 6) is -0.0279. The average Bonchev–Trinajstić information content (AvgIpc) is 2.98. The molecule has 1 saturated heterocycles. The normalized spacial score (nSPS) is 20.9. The first kappa shape index (κ1) is 20.1. The molecule has 3 rings (SSSR count). The van der Waals surface area contributed by atoms with Crippen molar-refractivity contribution in [3.8, 4) is 0 Å². The maximum Gasteiger partial charge on any atom is 0.229 e. The van der Waals surface area contributed by atoms with E-state index in [4.69, 9.17) is 28.9 Å². The number of likely N-dealkylation sites (tertiary alicyclic amines) is 1. The lowest BCUT2D eigenvalue weighted by atomic mass is 9.95. The summed E-state index contributed by atoms with van der Waals surface area (Å²) in [5.41, 5.74) is 8.34. The Hall–Kier alpha value is -1.26. The van der Waals surface area contributed by atoms with Gasteiger partial charge in [-0.1, -0.05) is 59.6 Å². The monoisotopic (exact) mass is 398 g/mol. The van der Waals surface area contributed by atoms with Gasteiger partial charge in [0.05, 0.1) is 16.0 Å². The Bertz CT molecular complexity index is 739. The molecule has 1 heterocycles. The molecule has 0 bridgehead atoms. The molecule has 25 heavy (non-hydrogen) atoms. The molecule has 1 aliphatic heterocycles. The minimum atomic E-state index is -0.276. The fourth-order valence-electron chi connectivity index (χ4n) is 3.26. The van der Waals surface area contributed by atoms with Gasteiger partial charge in [0.1, 0.15) is 0 Å². The largest absolute Gasteiger partial charge is 0.340 e. The second-order valence-electron chi connectivity index (χ2n) is 6.32. The summed E-state index contributed by atoms with van der Waals surface area (Å²) in [4.78, 5) is 14.7. The average molecular weight is 400 g/mol. The number of halogens is 3. The van der Waals surface area contributed by atoms with Gasteiger partial charge in [0.25, 0.3) is 0 Å². The van der Waals surface area contributed by atoms with E-state index < -0.39 is 0 Å². The van der Waals surface area contributed by atoms with Gasteiger partial charge in [0.2, 0.25) is 5.91 Å². The number of nitrogens with two attached hydrogens (primary N) is 1. The molecule has 1 amide bonds. The molecule has 1 unspecified atom stereocenters. The minimum absolute atomic E-state index is 0. The first-order valence-electron chi connectivity index (χ1n) is 8.01. The van der Waals surface area contributed by atoms with E-state index in [0.717, 1.165) is 5.56 Å². The third-order valence-electron chi connectivity index (χ3n) is 4.72. The summed E-state index contributed by atoms with van der Waals surface area (Å²) < 4.78 is 0. The highest BCUT2D eigenvalue weighted by molar-refractivity contribution is 6.42. The molecule has 6 heteroatoms. The van der Waals surface area contributed by atoms with Crippen molar-refractivity contribution in [2.75, 3.05) is 13.1 Å². The predicted octanol–water partition coefficient (Wildman–Crippen LogP) is 4.47. The Morgan fingerprint density at radius 1 is 1.12 bits per heavy atom. The summed E-state index contributed by atoms with van der Waals surface area (Å²) in [6.07, 6.45) is 0. The van der Waals surface area contributed by atoms with Gasteiger partial charge in [-0.25, -0.2) is 0 Å². The zero-order valence-electron chi connectivity index (χ0n) is 13.9. The topological polar surface area (TPSA) is 46.3 Å². The molecular formula is C19H21Cl3N2O. The first-order valence-corrected chi connectivity index (χ1v) is 8.77. The Balaban J connectivity index is 0.00000225. The maximum atomic E-state index is 12.9. The zero-order valence-corrected chi connectivity index (χ0v) is 16.2. The van der Waals surface area contributed by atoms with Crippen LogP contribution in [0.1, 0.15) is 29.9 Å². The highest BCUT2D eigenvalue weighted by Gasteiger charge is 2.35. The van der Waals surface area contributed by atoms with Gasteiger partial charge >= 0.3 is 0 Å². The van der Waals surface area contributed by atoms with Crippen LogP contribution in [-0.4, -0.2) is 29.9 Å². The van der Waals surface area contributed by atoms with Gasteiger partial charge in [-0.3, -0.25) is 4.79 Å². The second kappa shape index (κ2) is 8.41. The number of carbonyl (C=O) groups is 1. The third kappa shape index (κ3) is 4.29. The van der Waals surface area contributed by atoms with Crippen LogP contribution in [0.25, 0.3) is 0 Å². The standard InChI is InChI=1S/C19H20Cl2N2O.ClH/c1-12(14-7-8-16(20)17(21)9-14)19(24)23-10-15(18(22)11-23)13-5-3-2-4-6-13;/h2-9,12,15,18H,10-11,22H2,1H3;1H/t12?,15-,18+;/m0./s1. The Kier molecular flexibility index (Phi) is 6.75. The highest BCUT2D eigenvalue weighted by atomic mass is 35.5. The van der Waals surface area contributed by atoms with Crippen LogP contribution in [0.15, 0.2) is 48.5 Å². The van der Waals surface area contributed by atoms with Crippen LogP contribution in [0.2, 0.25) is 10.0 Å². The fourth-order valence-corrected chi connectivity index (χ4v) is 3.57. The van der Waals surface area contributed by atoms with Gasteiger partial charge < -0.3 is 10.6 Å². The quantitative estimate of drug-likeness (QED) is 0.827. The fraction of sp³-hybridized carbons (Fsp3) is 0.316. The number of benzene rings is 2. The van der Waals surface area contributed by atoms with Crippen LogP contribution in [0.4, 0.5) is 0 Å². The van der Waals surface area contributed by atoms with E-state index in [1.807, 2.05) is 36.1 Å². The van der Waals surface area contributed by atoms with Crippen molar-refractivity contribution in [3.05, 3.63) is 69.7 Å². The molecule has 1 aliphatic rings. The van der Waals surface area contributed by atoms with Crippen LogP contribution < -0.4 is 5.73 Å². The van der Waals surface area contributed by atoms with Crippen LogP contribution in [0.3, 0.4) is 0 Å². The minimum Gasteiger partial charge on any atom is -0.340 e. The lowest BCUT2D eigenvalue weighted by Crippen LogP contribution is -2.34. The van der Waals surface area contributed by atoms with Crippen molar-refractivity contribution >= 4 is 41.5 Å². The molecule has 2 N–H and O–H groups in total. The van der Waals surface area contributed by atoms with Crippen molar-refractivity contribution in [3.63, 3.8) is 0 Å². The molecule has 1 fully saturated rings. The molecule has 0 aromatic heterocycles. The van der Waals surface area contributed by atoms with Crippen molar-refractivity contribution in [2.24, 2.45) is 5.73 Å². The van der Waals surface area contributed by atoms with Crippen LogP contribution >= 0.6 is 35.6 Å². The molecule has 3 atom stereocenters. The summed E-state index contributed by atoms with van der Waals surface area (Å²) in [6.45, 7) is 3.11. The van der Waals surface area contributed by atoms with Crippen molar-refractivity contribution in [1.82, 2.24) is 4.90 Å². The van der Waals surface area contributed by atoms with Gasteiger partial charge in [0.15, 0.2) is 0 Å². The summed E-state index contributed by atoms with van der Waals surface area (Å²) >= 11 is 12.0. The number of nitrogens with zero attached hydrogens (tertiary/aromatic N) is 1. The molecule has 134 valence electrons. The lowest BCUT2D eigenvalue weighted by molar-refractivity contribution is -0.131. The van der Waals surface area contributed by atoms with Crippen LogP contribution in [-0.2, 0) is 4.79 Å². The van der Waals surface area contributed by atoms with Crippen molar-refractivity contribution in [2.45, 2.75) is 24.8 Å². The smallest absolute Gasteiger partial charge is 0.229 e. The van der Waals surface area contributed by atoms with Gasteiger partial charge in [-0.15, -0.1) is 12.4 Å². The molecule has 0 saturated carbocycles. The van der Waals surface area contributed by atoms with Crippen LogP contribution in [0.5, 0.6) is 0 Å². The molecule has 0 radical (unpaired) electrons. The van der Waals surface area contributed by atoms with Crippen molar-refractivity contribution < 1.29 is 4.79 Å². The van der Waals surface area contributed by atoms with Gasteiger partial charge in [-0.2, -0.15) is 0 Å². The summed E-state index contributed by atoms with van der Waals surface area (Å²) in [7, 11) is 0. The number of rotatable bonds is 3. The maximum absolute atomic E-state index is 12.9. The van der Waals surface area contributed by atoms with E-state index in [1.165, 1.54) is 5.56 Å². The number of carbonyl (C=O) groups excluding carboxylic acids is 1. The van der Waals surface area contributed by atoms with Gasteiger partial charge in [-0.05, 0) is 30.2 Å². The molecule has 3 nitrogen and oxygen atoms in total. The number of hydrogen-bond acceptors (Lipinski definition) is 2. The van der Waals surface area contributed by atoms with E-state index >= 15 is 0 Å². The molecule has 2 aromatic rings. The number of amides is 1. The lowest BCUT2D eigenvalue weighted by Gasteiger charge is -2.21. The predicted molar refractivity (Wildman–Crippen MR) is 106 cm³/mol. The van der Waals surface area contributed by atoms with E-state index in [0.29, 0.717) is 23.1 Å². The first-order chi connectivity index (χ1) is 11.5. The molecule has 0 aliphatic carbocycles. The van der Waals surface area contributed by atoms with E-state index in [2.05, 4.69) is 12.1 Å². The highest BCUT2D eigenvalue weighted by Crippen LogP contribution is 2.31. The van der Waals surface area contributed by atoms with Gasteiger partial charge in [0, 0.05) is 25.0 Å². The van der Waals surface area contributed by atoms with E-state index in [-0.39, 0.29) is 36.2 Å². The van der Waals surface area contributed by atoms with E-state index in [1.54, 1.807) is 12.1 Å². The zero-order chi connectivity index (χ0) is 17.3. The Morgan fingerprint density at radius 3 is 2.44 bits per heavy atom.